The van der Waals surface area contributed by atoms with Crippen LogP contribution >= 0.6 is 11.8 Å². The van der Waals surface area contributed by atoms with Crippen molar-refractivity contribution in [2.45, 2.75) is 23.5 Å². The molecule has 18 heavy (non-hydrogen) atoms. The predicted octanol–water partition coefficient (Wildman–Crippen LogP) is 1.83. The summed E-state index contributed by atoms with van der Waals surface area (Å²) in [4.78, 5) is -0.417. The molecule has 1 aromatic rings. The minimum atomic E-state index is -3.88. The zero-order valence-corrected chi connectivity index (χ0v) is 12.2. The fourth-order valence-corrected chi connectivity index (χ4v) is 2.77. The van der Waals surface area contributed by atoms with Gasteiger partial charge in [-0.15, -0.1) is 0 Å². The summed E-state index contributed by atoms with van der Waals surface area (Å²) >= 11 is 1.52. The maximum Gasteiger partial charge on any atom is 0.243 e. The van der Waals surface area contributed by atoms with Gasteiger partial charge in [0.25, 0.3) is 0 Å². The molecule has 0 saturated heterocycles. The summed E-state index contributed by atoms with van der Waals surface area (Å²) in [5.41, 5.74) is 5.68. The lowest BCUT2D eigenvalue weighted by Crippen LogP contribution is -2.36. The third-order valence-electron chi connectivity index (χ3n) is 2.49. The van der Waals surface area contributed by atoms with Gasteiger partial charge in [-0.2, -0.15) is 11.8 Å². The predicted molar refractivity (Wildman–Crippen MR) is 73.6 cm³/mol. The highest BCUT2D eigenvalue weighted by Crippen LogP contribution is 2.22. The number of nitrogens with two attached hydrogens (primary N) is 1. The van der Waals surface area contributed by atoms with E-state index in [9.17, 15) is 12.8 Å². The Bertz CT molecular complexity index is 530. The van der Waals surface area contributed by atoms with Crippen LogP contribution in [-0.4, -0.2) is 26.0 Å². The van der Waals surface area contributed by atoms with Crippen LogP contribution in [0.25, 0.3) is 0 Å². The van der Waals surface area contributed by atoms with Gasteiger partial charge in [0, 0.05) is 17.0 Å². The number of benzene rings is 1. The molecule has 1 rings (SSSR count). The summed E-state index contributed by atoms with van der Waals surface area (Å²) in [5, 5.41) is 0. The Morgan fingerprint density at radius 2 is 2.06 bits per heavy atom. The number of thioether (sulfide) groups is 1. The second-order valence-electron chi connectivity index (χ2n) is 4.48. The van der Waals surface area contributed by atoms with Crippen LogP contribution in [-0.2, 0) is 10.0 Å². The molecule has 7 heteroatoms. The number of nitrogen functional groups attached to an aromatic ring is 1. The Hall–Kier alpha value is -0.790. The van der Waals surface area contributed by atoms with Crippen molar-refractivity contribution in [2.75, 3.05) is 18.5 Å². The molecule has 102 valence electrons. The molecule has 0 aromatic heterocycles. The van der Waals surface area contributed by atoms with Gasteiger partial charge in [0.15, 0.2) is 0 Å². The van der Waals surface area contributed by atoms with Crippen LogP contribution in [0, 0.1) is 5.82 Å². The topological polar surface area (TPSA) is 72.2 Å². The highest BCUT2D eigenvalue weighted by molar-refractivity contribution is 8.00. The lowest BCUT2D eigenvalue weighted by Gasteiger charge is -2.22. The summed E-state index contributed by atoms with van der Waals surface area (Å²) in [6.07, 6.45) is 1.88. The van der Waals surface area contributed by atoms with Crippen LogP contribution < -0.4 is 10.5 Å². The number of rotatable bonds is 5. The molecule has 3 N–H and O–H groups in total. The molecule has 0 fully saturated rings. The Morgan fingerprint density at radius 3 is 2.61 bits per heavy atom. The van der Waals surface area contributed by atoms with E-state index in [0.29, 0.717) is 0 Å². The molecule has 0 spiro atoms. The minimum absolute atomic E-state index is 0.209. The third-order valence-corrected chi connectivity index (χ3v) is 5.15. The average Bonchev–Trinajstić information content (AvgIpc) is 2.30. The van der Waals surface area contributed by atoms with Crippen LogP contribution in [0.3, 0.4) is 0 Å². The van der Waals surface area contributed by atoms with Crippen molar-refractivity contribution in [1.29, 1.82) is 0 Å². The van der Waals surface area contributed by atoms with E-state index in [1.165, 1.54) is 17.8 Å². The average molecular weight is 292 g/mol. The summed E-state index contributed by atoms with van der Waals surface area (Å²) in [6.45, 7) is 4.01. The molecule has 1 aromatic carbocycles. The molecule has 0 bridgehead atoms. The summed E-state index contributed by atoms with van der Waals surface area (Å²) < 4.78 is 39.5. The summed E-state index contributed by atoms with van der Waals surface area (Å²) in [7, 11) is -3.88. The van der Waals surface area contributed by atoms with E-state index in [1.54, 1.807) is 0 Å². The van der Waals surface area contributed by atoms with Gasteiger partial charge >= 0.3 is 0 Å². The SMILES string of the molecule is CSC(C)(C)CNS(=O)(=O)c1cc(N)ccc1F. The molecule has 0 amide bonds. The third kappa shape index (κ3) is 3.86. The highest BCUT2D eigenvalue weighted by Gasteiger charge is 2.23. The van der Waals surface area contributed by atoms with E-state index >= 15 is 0 Å². The normalized spacial score (nSPS) is 12.7. The summed E-state index contributed by atoms with van der Waals surface area (Å²) in [5.74, 6) is -0.807. The molecule has 0 heterocycles. The van der Waals surface area contributed by atoms with Crippen molar-refractivity contribution < 1.29 is 12.8 Å². The smallest absolute Gasteiger partial charge is 0.243 e. The molecule has 4 nitrogen and oxygen atoms in total. The molecule has 0 saturated carbocycles. The lowest BCUT2D eigenvalue weighted by atomic mass is 10.2. The van der Waals surface area contributed by atoms with E-state index in [4.69, 9.17) is 5.73 Å². The van der Waals surface area contributed by atoms with E-state index in [1.807, 2.05) is 20.1 Å². The van der Waals surface area contributed by atoms with Gasteiger partial charge in [-0.05, 0) is 38.3 Å². The molecule has 0 aliphatic heterocycles. The number of nitrogens with one attached hydrogen (secondary N) is 1. The number of hydrogen-bond donors (Lipinski definition) is 2. The van der Waals surface area contributed by atoms with Gasteiger partial charge in [0.05, 0.1) is 0 Å². The zero-order valence-electron chi connectivity index (χ0n) is 10.5. The van der Waals surface area contributed by atoms with E-state index in [-0.39, 0.29) is 17.0 Å². The number of anilines is 1. The zero-order chi connectivity index (χ0) is 14.0. The first-order valence-electron chi connectivity index (χ1n) is 5.28. The van der Waals surface area contributed by atoms with Gasteiger partial charge in [0.1, 0.15) is 10.7 Å². The monoisotopic (exact) mass is 292 g/mol. The first-order valence-corrected chi connectivity index (χ1v) is 7.98. The second-order valence-corrected chi connectivity index (χ2v) is 7.73. The Kier molecular flexibility index (Phi) is 4.63. The lowest BCUT2D eigenvalue weighted by molar-refractivity contribution is 0.550. The molecule has 0 aliphatic carbocycles. The van der Waals surface area contributed by atoms with Crippen molar-refractivity contribution in [3.63, 3.8) is 0 Å². The first-order chi connectivity index (χ1) is 8.18. The van der Waals surface area contributed by atoms with Gasteiger partial charge in [-0.25, -0.2) is 17.5 Å². The molecule has 0 unspecified atom stereocenters. The fraction of sp³-hybridized carbons (Fsp3) is 0.455. The Labute approximate surface area is 111 Å². The molecular weight excluding hydrogens is 275 g/mol. The maximum atomic E-state index is 13.5. The Balaban J connectivity index is 2.97. The second kappa shape index (κ2) is 5.46. The number of hydrogen-bond acceptors (Lipinski definition) is 4. The van der Waals surface area contributed by atoms with E-state index in [0.717, 1.165) is 12.1 Å². The standard InChI is InChI=1S/C11H17FN2O2S2/c1-11(2,17-3)7-14-18(15,16)10-6-8(13)4-5-9(10)12/h4-6,14H,7,13H2,1-3H3. The summed E-state index contributed by atoms with van der Waals surface area (Å²) in [6, 6.07) is 3.48. The van der Waals surface area contributed by atoms with Crippen molar-refractivity contribution in [1.82, 2.24) is 4.72 Å². The van der Waals surface area contributed by atoms with Crippen LogP contribution in [0.1, 0.15) is 13.8 Å². The van der Waals surface area contributed by atoms with Crippen LogP contribution in [0.2, 0.25) is 0 Å². The Morgan fingerprint density at radius 1 is 1.44 bits per heavy atom. The van der Waals surface area contributed by atoms with Gasteiger partial charge in [-0.3, -0.25) is 0 Å². The maximum absolute atomic E-state index is 13.5. The van der Waals surface area contributed by atoms with E-state index in [2.05, 4.69) is 4.72 Å². The van der Waals surface area contributed by atoms with Gasteiger partial charge < -0.3 is 5.73 Å². The van der Waals surface area contributed by atoms with Crippen molar-refractivity contribution in [3.8, 4) is 0 Å². The van der Waals surface area contributed by atoms with E-state index < -0.39 is 20.7 Å². The van der Waals surface area contributed by atoms with Crippen molar-refractivity contribution >= 4 is 27.5 Å². The fourth-order valence-electron chi connectivity index (χ4n) is 1.14. The van der Waals surface area contributed by atoms with Crippen LogP contribution in [0.15, 0.2) is 23.1 Å². The van der Waals surface area contributed by atoms with Gasteiger partial charge in [0.2, 0.25) is 10.0 Å². The highest BCUT2D eigenvalue weighted by atomic mass is 32.2. The minimum Gasteiger partial charge on any atom is -0.399 e. The number of halogens is 1. The quantitative estimate of drug-likeness (QED) is 0.812. The van der Waals surface area contributed by atoms with Crippen LogP contribution in [0.4, 0.5) is 10.1 Å². The first kappa shape index (κ1) is 15.3. The molecule has 0 aliphatic rings. The molecule has 0 atom stereocenters. The van der Waals surface area contributed by atoms with Gasteiger partial charge in [-0.1, -0.05) is 0 Å². The van der Waals surface area contributed by atoms with Crippen molar-refractivity contribution in [2.24, 2.45) is 0 Å². The number of sulfonamides is 1. The van der Waals surface area contributed by atoms with Crippen molar-refractivity contribution in [3.05, 3.63) is 24.0 Å². The molecule has 0 radical (unpaired) electrons. The largest absolute Gasteiger partial charge is 0.399 e. The van der Waals surface area contributed by atoms with Crippen LogP contribution in [0.5, 0.6) is 0 Å². The molecular formula is C11H17FN2O2S2.